The Hall–Kier alpha value is -2.44. The van der Waals surface area contributed by atoms with Gasteiger partial charge in [-0.05, 0) is 48.1 Å². The molecule has 0 aliphatic rings. The summed E-state index contributed by atoms with van der Waals surface area (Å²) in [4.78, 5) is 12.7. The van der Waals surface area contributed by atoms with Gasteiger partial charge in [-0.1, -0.05) is 38.1 Å². The summed E-state index contributed by atoms with van der Waals surface area (Å²) in [5.41, 5.74) is 2.44. The van der Waals surface area contributed by atoms with Crippen molar-refractivity contribution >= 4 is 15.9 Å². The van der Waals surface area contributed by atoms with E-state index in [1.54, 1.807) is 0 Å². The van der Waals surface area contributed by atoms with E-state index in [4.69, 9.17) is 5.11 Å². The van der Waals surface area contributed by atoms with Crippen molar-refractivity contribution < 1.29 is 32.2 Å². The maximum Gasteiger partial charge on any atom is 0.221 e. The van der Waals surface area contributed by atoms with Crippen molar-refractivity contribution in [3.05, 3.63) is 70.8 Å². The molecule has 0 saturated heterocycles. The molecule has 212 valence electrons. The number of aliphatic hydroxyl groups excluding tert-OH is 2. The van der Waals surface area contributed by atoms with Crippen LogP contribution in [-0.2, 0) is 34.2 Å². The van der Waals surface area contributed by atoms with E-state index in [-0.39, 0.29) is 44.6 Å². The van der Waals surface area contributed by atoms with Gasteiger partial charge >= 0.3 is 0 Å². The van der Waals surface area contributed by atoms with Gasteiger partial charge in [-0.3, -0.25) is 4.79 Å². The number of aliphatic hydroxyl groups is 2. The molecule has 38 heavy (non-hydrogen) atoms. The van der Waals surface area contributed by atoms with Gasteiger partial charge in [0.15, 0.2) is 0 Å². The molecule has 0 heterocycles. The van der Waals surface area contributed by atoms with Crippen LogP contribution < -0.4 is 10.6 Å². The molecular formula is C27H39F2N3O5S. The molecule has 2 rings (SSSR count). The summed E-state index contributed by atoms with van der Waals surface area (Å²) in [5.74, 6) is -2.65. The molecule has 11 heteroatoms. The number of rotatable bonds is 17. The number of carbonyl (C=O) groups is 1. The van der Waals surface area contributed by atoms with Gasteiger partial charge in [0.2, 0.25) is 15.9 Å². The van der Waals surface area contributed by atoms with Crippen molar-refractivity contribution in [2.24, 2.45) is 0 Å². The second kappa shape index (κ2) is 15.8. The standard InChI is InChI=1S/C27H39F2N3O5S/c1-3-9-32(10-11-33)38(36,37)12-8-27(35)31-25(16-22-14-23(28)17-24(29)15-22)26(34)19-30-18-21-7-5-6-20(4-2)13-21/h5-7,13-15,17,25-26,30,33-34H,3-4,8-12,16,18-19H2,1-2H3,(H,31,35)/t25-,26+/m0/s1. The molecule has 2 aromatic carbocycles. The minimum atomic E-state index is -3.78. The zero-order chi connectivity index (χ0) is 28.1. The molecule has 4 N–H and O–H groups in total. The molecule has 0 unspecified atom stereocenters. The first-order chi connectivity index (χ1) is 18.1. The Balaban J connectivity index is 2.07. The number of benzene rings is 2. The summed E-state index contributed by atoms with van der Waals surface area (Å²) in [6.45, 7) is 4.25. The van der Waals surface area contributed by atoms with Gasteiger partial charge in [0.25, 0.3) is 0 Å². The van der Waals surface area contributed by atoms with Gasteiger partial charge in [-0.15, -0.1) is 0 Å². The highest BCUT2D eigenvalue weighted by Crippen LogP contribution is 2.13. The van der Waals surface area contributed by atoms with E-state index in [0.717, 1.165) is 34.5 Å². The first-order valence-corrected chi connectivity index (χ1v) is 14.5. The van der Waals surface area contributed by atoms with E-state index in [2.05, 4.69) is 17.6 Å². The van der Waals surface area contributed by atoms with Crippen LogP contribution in [0.3, 0.4) is 0 Å². The van der Waals surface area contributed by atoms with E-state index >= 15 is 0 Å². The maximum atomic E-state index is 13.8. The minimum absolute atomic E-state index is 0.0584. The molecule has 0 bridgehead atoms. The average molecular weight is 556 g/mol. The first kappa shape index (κ1) is 31.8. The van der Waals surface area contributed by atoms with Crippen molar-refractivity contribution in [2.75, 3.05) is 32.0 Å². The third-order valence-corrected chi connectivity index (χ3v) is 7.95. The quantitative estimate of drug-likeness (QED) is 0.238. The molecule has 0 radical (unpaired) electrons. The molecule has 0 saturated carbocycles. The molecule has 8 nitrogen and oxygen atoms in total. The van der Waals surface area contributed by atoms with Crippen molar-refractivity contribution in [3.63, 3.8) is 0 Å². The van der Waals surface area contributed by atoms with E-state index in [1.165, 1.54) is 5.56 Å². The smallest absolute Gasteiger partial charge is 0.221 e. The lowest BCUT2D eigenvalue weighted by Gasteiger charge is -2.25. The van der Waals surface area contributed by atoms with Crippen LogP contribution in [0.1, 0.15) is 43.4 Å². The molecule has 2 atom stereocenters. The maximum absolute atomic E-state index is 13.8. The number of amides is 1. The zero-order valence-electron chi connectivity index (χ0n) is 22.0. The SMILES string of the molecule is CCCN(CCO)S(=O)(=O)CCC(=O)N[C@@H](Cc1cc(F)cc(F)c1)[C@H](O)CNCc1cccc(CC)c1. The van der Waals surface area contributed by atoms with Crippen LogP contribution in [0.4, 0.5) is 8.78 Å². The summed E-state index contributed by atoms with van der Waals surface area (Å²) in [5, 5.41) is 25.8. The number of halogens is 2. The topological polar surface area (TPSA) is 119 Å². The summed E-state index contributed by atoms with van der Waals surface area (Å²) >= 11 is 0. The number of sulfonamides is 1. The fraction of sp³-hybridized carbons (Fsp3) is 0.519. The molecule has 0 aromatic heterocycles. The monoisotopic (exact) mass is 555 g/mol. The zero-order valence-corrected chi connectivity index (χ0v) is 22.8. The molecule has 0 aliphatic carbocycles. The van der Waals surface area contributed by atoms with Gasteiger partial charge < -0.3 is 20.8 Å². The lowest BCUT2D eigenvalue weighted by Crippen LogP contribution is -2.49. The van der Waals surface area contributed by atoms with Gasteiger partial charge in [0.05, 0.1) is 24.5 Å². The lowest BCUT2D eigenvalue weighted by atomic mass is 10.0. The number of carbonyl (C=O) groups excluding carboxylic acids is 1. The second-order valence-electron chi connectivity index (χ2n) is 9.22. The van der Waals surface area contributed by atoms with Crippen molar-refractivity contribution in [1.82, 2.24) is 14.9 Å². The number of hydrogen-bond acceptors (Lipinski definition) is 6. The van der Waals surface area contributed by atoms with Gasteiger partial charge in [-0.2, -0.15) is 4.31 Å². The van der Waals surface area contributed by atoms with Crippen molar-refractivity contribution in [1.29, 1.82) is 0 Å². The van der Waals surface area contributed by atoms with E-state index in [9.17, 15) is 27.1 Å². The predicted molar refractivity (Wildman–Crippen MR) is 143 cm³/mol. The number of aryl methyl sites for hydroxylation is 1. The highest BCUT2D eigenvalue weighted by Gasteiger charge is 2.25. The summed E-state index contributed by atoms with van der Waals surface area (Å²) in [6.07, 6.45) is -0.109. The predicted octanol–water partition coefficient (Wildman–Crippen LogP) is 2.13. The third-order valence-electron chi connectivity index (χ3n) is 6.07. The third kappa shape index (κ3) is 10.7. The van der Waals surface area contributed by atoms with Crippen molar-refractivity contribution in [2.45, 2.75) is 58.2 Å². The fourth-order valence-electron chi connectivity index (χ4n) is 4.11. The number of nitrogens with one attached hydrogen (secondary N) is 2. The minimum Gasteiger partial charge on any atom is -0.395 e. The van der Waals surface area contributed by atoms with Gasteiger partial charge in [0.1, 0.15) is 11.6 Å². The fourth-order valence-corrected chi connectivity index (χ4v) is 5.63. The van der Waals surface area contributed by atoms with Crippen LogP contribution in [0.5, 0.6) is 0 Å². The Labute approximate surface area is 224 Å². The Morgan fingerprint density at radius 1 is 1.03 bits per heavy atom. The molecule has 0 spiro atoms. The van der Waals surface area contributed by atoms with Crippen LogP contribution in [0.25, 0.3) is 0 Å². The van der Waals surface area contributed by atoms with E-state index in [0.29, 0.717) is 13.0 Å². The van der Waals surface area contributed by atoms with Crippen LogP contribution in [0.15, 0.2) is 42.5 Å². The van der Waals surface area contributed by atoms with Crippen LogP contribution >= 0.6 is 0 Å². The highest BCUT2D eigenvalue weighted by atomic mass is 32.2. The second-order valence-corrected chi connectivity index (χ2v) is 11.3. The van der Waals surface area contributed by atoms with Crippen LogP contribution in [0, 0.1) is 11.6 Å². The first-order valence-electron chi connectivity index (χ1n) is 12.9. The Morgan fingerprint density at radius 3 is 2.34 bits per heavy atom. The summed E-state index contributed by atoms with van der Waals surface area (Å²) < 4.78 is 53.9. The molecule has 0 fully saturated rings. The van der Waals surface area contributed by atoms with Gasteiger partial charge in [0, 0.05) is 38.7 Å². The Kier molecular flexibility index (Phi) is 13.3. The molecule has 2 aromatic rings. The Morgan fingerprint density at radius 2 is 1.71 bits per heavy atom. The Bertz CT molecular complexity index is 1110. The van der Waals surface area contributed by atoms with Crippen molar-refractivity contribution in [3.8, 4) is 0 Å². The normalized spacial score (nSPS) is 13.4. The lowest BCUT2D eigenvalue weighted by molar-refractivity contribution is -0.122. The van der Waals surface area contributed by atoms with E-state index < -0.39 is 45.5 Å². The summed E-state index contributed by atoms with van der Waals surface area (Å²) in [6, 6.07) is 10.0. The molecule has 1 amide bonds. The van der Waals surface area contributed by atoms with Crippen LogP contribution in [0.2, 0.25) is 0 Å². The number of nitrogens with zero attached hydrogens (tertiary/aromatic N) is 1. The molecule has 0 aliphatic heterocycles. The van der Waals surface area contributed by atoms with Gasteiger partial charge in [-0.25, -0.2) is 17.2 Å². The largest absolute Gasteiger partial charge is 0.395 e. The van der Waals surface area contributed by atoms with E-state index in [1.807, 2.05) is 31.2 Å². The summed E-state index contributed by atoms with van der Waals surface area (Å²) in [7, 11) is -3.78. The van der Waals surface area contributed by atoms with Crippen LogP contribution in [-0.4, -0.2) is 73.0 Å². The highest BCUT2D eigenvalue weighted by molar-refractivity contribution is 7.89. The average Bonchev–Trinajstić information content (AvgIpc) is 2.86. The molecular weight excluding hydrogens is 516 g/mol. The number of hydrogen-bond donors (Lipinski definition) is 4.